The van der Waals surface area contributed by atoms with Crippen LogP contribution < -0.4 is 4.90 Å². The Labute approximate surface area is 102 Å². The summed E-state index contributed by atoms with van der Waals surface area (Å²) in [6, 6.07) is 11.8. The molecule has 0 aliphatic carbocycles. The number of allylic oxidation sites excluding steroid dienone is 2. The van der Waals surface area contributed by atoms with Crippen LogP contribution >= 0.6 is 0 Å². The van der Waals surface area contributed by atoms with Gasteiger partial charge in [0.15, 0.2) is 0 Å². The molecule has 0 aromatic heterocycles. The van der Waals surface area contributed by atoms with Gasteiger partial charge in [-0.3, -0.25) is 4.79 Å². The van der Waals surface area contributed by atoms with Crippen molar-refractivity contribution in [3.63, 3.8) is 0 Å². The van der Waals surface area contributed by atoms with Gasteiger partial charge in [0.05, 0.1) is 0 Å². The molecule has 0 heterocycles. The molecule has 3 nitrogen and oxygen atoms in total. The summed E-state index contributed by atoms with van der Waals surface area (Å²) in [6.07, 6.45) is 0.320. The average molecular weight is 228 g/mol. The fraction of sp³-hybridized carbons (Fsp3) is 0.286. The zero-order valence-corrected chi connectivity index (χ0v) is 10.4. The number of anilines is 1. The molecule has 1 rings (SSSR count). The van der Waals surface area contributed by atoms with Gasteiger partial charge in [0, 0.05) is 19.2 Å². The highest BCUT2D eigenvalue weighted by Gasteiger charge is 2.10. The molecule has 0 fully saturated rings. The van der Waals surface area contributed by atoms with E-state index in [-0.39, 0.29) is 5.78 Å². The number of carbonyl (C=O) groups excluding carboxylic acids is 1. The van der Waals surface area contributed by atoms with E-state index in [1.807, 2.05) is 44.3 Å². The Balaban J connectivity index is 3.04. The van der Waals surface area contributed by atoms with Crippen molar-refractivity contribution >= 4 is 11.5 Å². The quantitative estimate of drug-likeness (QED) is 0.744. The summed E-state index contributed by atoms with van der Waals surface area (Å²) in [5.41, 5.74) is 2.27. The lowest BCUT2D eigenvalue weighted by Gasteiger charge is -2.19. The Morgan fingerprint density at radius 1 is 1.29 bits per heavy atom. The van der Waals surface area contributed by atoms with Crippen LogP contribution in [0.25, 0.3) is 0 Å². The van der Waals surface area contributed by atoms with Crippen molar-refractivity contribution in [3.8, 4) is 6.07 Å². The monoisotopic (exact) mass is 228 g/mol. The van der Waals surface area contributed by atoms with Crippen LogP contribution in [-0.2, 0) is 4.79 Å². The summed E-state index contributed by atoms with van der Waals surface area (Å²) >= 11 is 0. The van der Waals surface area contributed by atoms with Gasteiger partial charge in [-0.2, -0.15) is 5.26 Å². The van der Waals surface area contributed by atoms with Crippen molar-refractivity contribution in [3.05, 3.63) is 41.6 Å². The molecule has 0 unspecified atom stereocenters. The third-order valence-electron chi connectivity index (χ3n) is 2.50. The van der Waals surface area contributed by atoms with Gasteiger partial charge in [0.25, 0.3) is 0 Å². The van der Waals surface area contributed by atoms with Gasteiger partial charge >= 0.3 is 0 Å². The molecule has 0 saturated carbocycles. The molecule has 0 saturated heterocycles. The minimum absolute atomic E-state index is 0.0664. The molecule has 0 aliphatic heterocycles. The minimum Gasteiger partial charge on any atom is -0.336 e. The van der Waals surface area contributed by atoms with E-state index in [1.54, 1.807) is 4.90 Å². The molecular formula is C14H16N2O. The summed E-state index contributed by atoms with van der Waals surface area (Å²) in [6.45, 7) is 3.35. The summed E-state index contributed by atoms with van der Waals surface area (Å²) in [5, 5.41) is 9.18. The molecule has 17 heavy (non-hydrogen) atoms. The van der Waals surface area contributed by atoms with Crippen LogP contribution in [0.1, 0.15) is 20.3 Å². The van der Waals surface area contributed by atoms with Crippen LogP contribution in [0.5, 0.6) is 0 Å². The van der Waals surface area contributed by atoms with Crippen LogP contribution in [0.2, 0.25) is 0 Å². The van der Waals surface area contributed by atoms with Gasteiger partial charge in [-0.25, -0.2) is 0 Å². The third-order valence-corrected chi connectivity index (χ3v) is 2.50. The highest BCUT2D eigenvalue weighted by Crippen LogP contribution is 2.19. The Morgan fingerprint density at radius 2 is 1.88 bits per heavy atom. The van der Waals surface area contributed by atoms with Gasteiger partial charge in [0.2, 0.25) is 0 Å². The largest absolute Gasteiger partial charge is 0.336 e. The van der Waals surface area contributed by atoms with Gasteiger partial charge in [-0.1, -0.05) is 18.2 Å². The van der Waals surface area contributed by atoms with E-state index < -0.39 is 0 Å². The first-order chi connectivity index (χ1) is 8.06. The zero-order valence-electron chi connectivity index (χ0n) is 10.4. The van der Waals surface area contributed by atoms with Crippen LogP contribution in [0.4, 0.5) is 5.69 Å². The maximum atomic E-state index is 11.1. The van der Waals surface area contributed by atoms with Crippen LogP contribution in [0, 0.1) is 11.3 Å². The molecule has 0 atom stereocenters. The van der Waals surface area contributed by atoms with Crippen molar-refractivity contribution in [1.29, 1.82) is 5.26 Å². The number of para-hydroxylation sites is 1. The first-order valence-corrected chi connectivity index (χ1v) is 5.44. The van der Waals surface area contributed by atoms with Gasteiger partial charge in [-0.15, -0.1) is 0 Å². The lowest BCUT2D eigenvalue weighted by atomic mass is 10.1. The van der Waals surface area contributed by atoms with E-state index in [0.29, 0.717) is 12.1 Å². The minimum atomic E-state index is 0.0664. The molecule has 0 bridgehead atoms. The number of carbonyl (C=O) groups is 1. The summed E-state index contributed by atoms with van der Waals surface area (Å²) in [4.78, 5) is 12.9. The summed E-state index contributed by atoms with van der Waals surface area (Å²) < 4.78 is 0. The first-order valence-electron chi connectivity index (χ1n) is 5.44. The zero-order chi connectivity index (χ0) is 12.8. The van der Waals surface area contributed by atoms with E-state index in [9.17, 15) is 10.1 Å². The predicted molar refractivity (Wildman–Crippen MR) is 68.5 cm³/mol. The van der Waals surface area contributed by atoms with Gasteiger partial charge < -0.3 is 4.90 Å². The molecule has 3 heteroatoms. The Kier molecular flexibility index (Phi) is 4.47. The van der Waals surface area contributed by atoms with Crippen molar-refractivity contribution in [1.82, 2.24) is 0 Å². The second-order valence-electron chi connectivity index (χ2n) is 4.01. The van der Waals surface area contributed by atoms with E-state index in [0.717, 1.165) is 11.3 Å². The lowest BCUT2D eigenvalue weighted by Crippen LogP contribution is -2.17. The van der Waals surface area contributed by atoms with E-state index in [2.05, 4.69) is 6.07 Å². The van der Waals surface area contributed by atoms with E-state index >= 15 is 0 Å². The van der Waals surface area contributed by atoms with Crippen LogP contribution in [0.3, 0.4) is 0 Å². The number of Topliss-reactive ketones (excluding diaryl/α,β-unsaturated/α-hetero) is 1. The molecule has 0 radical (unpaired) electrons. The number of nitriles is 1. The fourth-order valence-corrected chi connectivity index (χ4v) is 1.69. The van der Waals surface area contributed by atoms with Crippen molar-refractivity contribution in [2.45, 2.75) is 20.3 Å². The second kappa shape index (κ2) is 5.86. The number of benzene rings is 1. The highest BCUT2D eigenvalue weighted by molar-refractivity contribution is 5.78. The topological polar surface area (TPSA) is 44.1 Å². The molecular weight excluding hydrogens is 212 g/mol. The molecule has 1 aromatic carbocycles. The Hall–Kier alpha value is -2.08. The summed E-state index contributed by atoms with van der Waals surface area (Å²) in [7, 11) is 1.83. The van der Waals surface area contributed by atoms with Crippen LogP contribution in [0.15, 0.2) is 41.6 Å². The van der Waals surface area contributed by atoms with Crippen molar-refractivity contribution in [2.75, 3.05) is 11.9 Å². The Morgan fingerprint density at radius 3 is 2.35 bits per heavy atom. The van der Waals surface area contributed by atoms with Gasteiger partial charge in [0.1, 0.15) is 17.5 Å². The number of hydrogen-bond acceptors (Lipinski definition) is 3. The number of hydrogen-bond donors (Lipinski definition) is 0. The second-order valence-corrected chi connectivity index (χ2v) is 4.01. The normalized spacial score (nSPS) is 11.4. The first kappa shape index (κ1) is 13.0. The fourth-order valence-electron chi connectivity index (χ4n) is 1.69. The van der Waals surface area contributed by atoms with Crippen molar-refractivity contribution in [2.24, 2.45) is 0 Å². The lowest BCUT2D eigenvalue weighted by molar-refractivity contribution is -0.116. The van der Waals surface area contributed by atoms with E-state index in [4.69, 9.17) is 0 Å². The molecule has 0 aliphatic rings. The smallest absolute Gasteiger partial charge is 0.133 e. The maximum absolute atomic E-state index is 11.1. The molecule has 0 amide bonds. The standard InChI is InChI=1S/C14H16N2O/c1-11(9-12(2)17)14(10-15)16(3)13-7-5-4-6-8-13/h4-8H,9H2,1-3H3/b14-11-. The average Bonchev–Trinajstić information content (AvgIpc) is 2.30. The third kappa shape index (κ3) is 3.46. The van der Waals surface area contributed by atoms with Crippen LogP contribution in [-0.4, -0.2) is 12.8 Å². The Bertz CT molecular complexity index is 469. The van der Waals surface area contributed by atoms with E-state index in [1.165, 1.54) is 6.92 Å². The molecule has 0 spiro atoms. The number of nitrogens with zero attached hydrogens (tertiary/aromatic N) is 2. The molecule has 0 N–H and O–H groups in total. The molecule has 1 aromatic rings. The number of ketones is 1. The number of rotatable bonds is 4. The van der Waals surface area contributed by atoms with Crippen molar-refractivity contribution < 1.29 is 4.79 Å². The SMILES string of the molecule is CC(=O)C/C(C)=C(/C#N)N(C)c1ccccc1. The maximum Gasteiger partial charge on any atom is 0.133 e. The van der Waals surface area contributed by atoms with Gasteiger partial charge in [-0.05, 0) is 31.6 Å². The highest BCUT2D eigenvalue weighted by atomic mass is 16.1. The summed E-state index contributed by atoms with van der Waals surface area (Å²) in [5.74, 6) is 0.0664. The predicted octanol–water partition coefficient (Wildman–Crippen LogP) is 2.90. The molecule has 88 valence electrons.